The fourth-order valence-corrected chi connectivity index (χ4v) is 10.1. The van der Waals surface area contributed by atoms with E-state index in [4.69, 9.17) is 4.43 Å². The summed E-state index contributed by atoms with van der Waals surface area (Å²) in [6.45, 7) is 10.9. The van der Waals surface area contributed by atoms with Gasteiger partial charge in [-0.2, -0.15) is 0 Å². The minimum atomic E-state index is -2.56. The Morgan fingerprint density at radius 2 is 1.58 bits per heavy atom. The van der Waals surface area contributed by atoms with E-state index in [9.17, 15) is 9.90 Å². The van der Waals surface area contributed by atoms with Gasteiger partial charge in [-0.25, -0.2) is 4.79 Å². The maximum atomic E-state index is 11.6. The van der Waals surface area contributed by atoms with Crippen LogP contribution in [0.4, 0.5) is 0 Å². The number of hydrogen-bond donors (Lipinski definition) is 1. The third kappa shape index (κ3) is 5.85. The Hall–Kier alpha value is -2.17. The zero-order valence-corrected chi connectivity index (χ0v) is 21.9. The van der Waals surface area contributed by atoms with Crippen LogP contribution in [0.25, 0.3) is 0 Å². The van der Waals surface area contributed by atoms with Crippen molar-refractivity contribution in [3.63, 3.8) is 0 Å². The number of carboxylic acids is 1. The van der Waals surface area contributed by atoms with E-state index in [1.165, 1.54) is 10.4 Å². The van der Waals surface area contributed by atoms with Crippen molar-refractivity contribution in [2.45, 2.75) is 77.9 Å². The van der Waals surface area contributed by atoms with Crippen LogP contribution in [0, 0.1) is 11.8 Å². The third-order valence-corrected chi connectivity index (χ3v) is 12.1. The quantitative estimate of drug-likeness (QED) is 0.375. The minimum absolute atomic E-state index is 0.0311. The van der Waals surface area contributed by atoms with Gasteiger partial charge < -0.3 is 9.53 Å². The first-order valence-electron chi connectivity index (χ1n) is 12.4. The lowest BCUT2D eigenvalue weighted by Crippen LogP contribution is -2.67. The average Bonchev–Trinajstić information content (AvgIpc) is 2.78. The Balaban J connectivity index is 1.92. The molecule has 0 aromatic heterocycles. The van der Waals surface area contributed by atoms with Crippen molar-refractivity contribution in [2.75, 3.05) is 0 Å². The Morgan fingerprint density at radius 1 is 1.03 bits per heavy atom. The van der Waals surface area contributed by atoms with Crippen LogP contribution in [0.2, 0.25) is 5.04 Å². The van der Waals surface area contributed by atoms with E-state index in [1.807, 2.05) is 19.9 Å². The monoisotopic (exact) mass is 464 g/mol. The van der Waals surface area contributed by atoms with Gasteiger partial charge in [-0.15, -0.1) is 0 Å². The summed E-state index contributed by atoms with van der Waals surface area (Å²) in [6.07, 6.45) is 7.31. The zero-order valence-electron chi connectivity index (χ0n) is 20.9. The molecule has 0 unspecified atom stereocenters. The molecule has 0 spiro atoms. The number of rotatable bonds is 8. The molecule has 1 aliphatic carbocycles. The Labute approximate surface area is 201 Å². The van der Waals surface area contributed by atoms with Crippen LogP contribution in [0.1, 0.15) is 66.7 Å². The largest absolute Gasteiger partial charge is 0.478 e. The van der Waals surface area contributed by atoms with E-state index in [1.54, 1.807) is 0 Å². The molecule has 1 N–H and O–H groups in total. The fourth-order valence-electron chi connectivity index (χ4n) is 5.37. The van der Waals surface area contributed by atoms with Crippen molar-refractivity contribution in [3.05, 3.63) is 72.3 Å². The predicted molar refractivity (Wildman–Crippen MR) is 140 cm³/mol. The third-order valence-electron chi connectivity index (χ3n) is 7.04. The molecule has 1 fully saturated rings. The molecular weight excluding hydrogens is 424 g/mol. The summed E-state index contributed by atoms with van der Waals surface area (Å²) in [4.78, 5) is 11.6. The molecule has 0 aliphatic heterocycles. The lowest BCUT2D eigenvalue weighted by molar-refractivity contribution is -0.133. The lowest BCUT2D eigenvalue weighted by atomic mass is 9.84. The molecule has 2 aromatic rings. The van der Waals surface area contributed by atoms with Crippen molar-refractivity contribution >= 4 is 24.7 Å². The standard InChI is InChI=1S/C29H40O3Si/c1-22(2)27(28(30)31)20-19-23-13-12-14-24(21-23)32-33(29(3,4)5,25-15-8-6-9-16-25)26-17-10-7-11-18-26/h6-11,15-18,20,22-24H,12-14,19,21H2,1-5H3,(H,30,31)/t23-,24-/m0/s1. The van der Waals surface area contributed by atoms with Crippen LogP contribution >= 0.6 is 0 Å². The first-order valence-corrected chi connectivity index (χ1v) is 14.3. The van der Waals surface area contributed by atoms with Gasteiger partial charge in [0, 0.05) is 11.7 Å². The molecule has 178 valence electrons. The molecule has 0 saturated heterocycles. The van der Waals surface area contributed by atoms with Gasteiger partial charge in [0.25, 0.3) is 8.32 Å². The van der Waals surface area contributed by atoms with Crippen molar-refractivity contribution < 1.29 is 14.3 Å². The number of carbonyl (C=O) groups is 1. The molecule has 1 saturated carbocycles. The SMILES string of the molecule is CC(C)C(=CC[C@@H]1CCC[C@H](O[Si](c2ccccc2)(c2ccccc2)C(C)(C)C)C1)C(=O)O. The first kappa shape index (κ1) is 25.4. The van der Waals surface area contributed by atoms with Crippen LogP contribution in [-0.4, -0.2) is 25.5 Å². The van der Waals surface area contributed by atoms with Gasteiger partial charge in [-0.3, -0.25) is 0 Å². The van der Waals surface area contributed by atoms with Gasteiger partial charge >= 0.3 is 5.97 Å². The molecule has 0 amide bonds. The predicted octanol–water partition coefficient (Wildman–Crippen LogP) is 6.18. The van der Waals surface area contributed by atoms with Gasteiger partial charge in [0.15, 0.2) is 0 Å². The normalized spacial score (nSPS) is 20.1. The summed E-state index contributed by atoms with van der Waals surface area (Å²) in [7, 11) is -2.56. The van der Waals surface area contributed by atoms with Gasteiger partial charge in [-0.1, -0.05) is 108 Å². The number of carboxylic acid groups (broad SMARTS) is 1. The summed E-state index contributed by atoms with van der Waals surface area (Å²) in [6, 6.07) is 21.6. The van der Waals surface area contributed by atoms with E-state index in [0.717, 1.165) is 32.1 Å². The maximum absolute atomic E-state index is 11.6. The zero-order chi connectivity index (χ0) is 24.1. The topological polar surface area (TPSA) is 46.5 Å². The fraction of sp³-hybridized carbons (Fsp3) is 0.483. The van der Waals surface area contributed by atoms with Crippen LogP contribution < -0.4 is 10.4 Å². The van der Waals surface area contributed by atoms with Crippen molar-refractivity contribution in [1.82, 2.24) is 0 Å². The highest BCUT2D eigenvalue weighted by atomic mass is 28.4. The maximum Gasteiger partial charge on any atom is 0.331 e. The molecule has 1 aliphatic rings. The highest BCUT2D eigenvalue weighted by molar-refractivity contribution is 6.99. The molecule has 4 heteroatoms. The van der Waals surface area contributed by atoms with Gasteiger partial charge in [-0.05, 0) is 52.9 Å². The number of aliphatic carboxylic acids is 1. The average molecular weight is 465 g/mol. The van der Waals surface area contributed by atoms with Crippen molar-refractivity contribution in [2.24, 2.45) is 11.8 Å². The van der Waals surface area contributed by atoms with Gasteiger partial charge in [0.2, 0.25) is 0 Å². The minimum Gasteiger partial charge on any atom is -0.478 e. The Bertz CT molecular complexity index is 889. The highest BCUT2D eigenvalue weighted by Crippen LogP contribution is 2.40. The van der Waals surface area contributed by atoms with E-state index in [0.29, 0.717) is 11.5 Å². The summed E-state index contributed by atoms with van der Waals surface area (Å²) >= 11 is 0. The van der Waals surface area contributed by atoms with E-state index < -0.39 is 14.3 Å². The molecule has 0 radical (unpaired) electrons. The smallest absolute Gasteiger partial charge is 0.331 e. The second-order valence-corrected chi connectivity index (χ2v) is 15.0. The molecule has 3 rings (SSSR count). The molecular formula is C29H40O3Si. The van der Waals surface area contributed by atoms with E-state index in [2.05, 4.69) is 81.4 Å². The second-order valence-electron chi connectivity index (χ2n) is 10.8. The summed E-state index contributed by atoms with van der Waals surface area (Å²) in [5.41, 5.74) is 0.532. The van der Waals surface area contributed by atoms with E-state index >= 15 is 0 Å². The van der Waals surface area contributed by atoms with E-state index in [-0.39, 0.29) is 17.1 Å². The van der Waals surface area contributed by atoms with Crippen molar-refractivity contribution in [1.29, 1.82) is 0 Å². The Morgan fingerprint density at radius 3 is 2.03 bits per heavy atom. The van der Waals surface area contributed by atoms with Gasteiger partial charge in [0.05, 0.1) is 0 Å². The van der Waals surface area contributed by atoms with Crippen molar-refractivity contribution in [3.8, 4) is 0 Å². The molecule has 2 aromatic carbocycles. The molecule has 0 bridgehead atoms. The first-order chi connectivity index (χ1) is 15.6. The Kier molecular flexibility index (Phi) is 8.36. The molecule has 3 nitrogen and oxygen atoms in total. The highest BCUT2D eigenvalue weighted by Gasteiger charge is 2.51. The molecule has 2 atom stereocenters. The van der Waals surface area contributed by atoms with Crippen LogP contribution in [0.3, 0.4) is 0 Å². The summed E-state index contributed by atoms with van der Waals surface area (Å²) in [5, 5.41) is 12.1. The second kappa shape index (κ2) is 10.8. The number of hydrogen-bond acceptors (Lipinski definition) is 2. The lowest BCUT2D eigenvalue weighted by Gasteiger charge is -2.46. The molecule has 0 heterocycles. The number of allylic oxidation sites excluding steroid dienone is 1. The summed E-state index contributed by atoms with van der Waals surface area (Å²) < 4.78 is 7.35. The van der Waals surface area contributed by atoms with Crippen LogP contribution in [-0.2, 0) is 9.22 Å². The van der Waals surface area contributed by atoms with Crippen LogP contribution in [0.5, 0.6) is 0 Å². The number of benzene rings is 2. The van der Waals surface area contributed by atoms with Crippen LogP contribution in [0.15, 0.2) is 72.3 Å². The molecule has 33 heavy (non-hydrogen) atoms. The summed E-state index contributed by atoms with van der Waals surface area (Å²) in [5.74, 6) is -0.286. The van der Waals surface area contributed by atoms with Gasteiger partial charge in [0.1, 0.15) is 0 Å².